The summed E-state index contributed by atoms with van der Waals surface area (Å²) in [6, 6.07) is 6.83. The van der Waals surface area contributed by atoms with E-state index >= 15 is 0 Å². The number of rotatable bonds is 4. The molecule has 1 aliphatic rings. The summed E-state index contributed by atoms with van der Waals surface area (Å²) in [5, 5.41) is 11.9. The Morgan fingerprint density at radius 2 is 2.29 bits per heavy atom. The third-order valence-electron chi connectivity index (χ3n) is 3.17. The summed E-state index contributed by atoms with van der Waals surface area (Å²) >= 11 is 3.48. The van der Waals surface area contributed by atoms with Crippen LogP contribution in [0.2, 0.25) is 0 Å². The van der Waals surface area contributed by atoms with Crippen LogP contribution in [0.25, 0.3) is 0 Å². The van der Waals surface area contributed by atoms with Crippen molar-refractivity contribution in [1.82, 2.24) is 5.32 Å². The van der Waals surface area contributed by atoms with Crippen molar-refractivity contribution in [2.24, 2.45) is 0 Å². The fourth-order valence-electron chi connectivity index (χ4n) is 2.28. The van der Waals surface area contributed by atoms with Gasteiger partial charge in [0, 0.05) is 17.1 Å². The molecule has 4 heteroatoms. The van der Waals surface area contributed by atoms with E-state index in [0.717, 1.165) is 23.7 Å². The monoisotopic (exact) mass is 297 g/mol. The number of hydrogen-bond acceptors (Lipinski definition) is 2. The van der Waals surface area contributed by atoms with Gasteiger partial charge in [0.2, 0.25) is 0 Å². The highest BCUT2D eigenvalue weighted by Gasteiger charge is 2.18. The lowest BCUT2D eigenvalue weighted by Crippen LogP contribution is -2.35. The summed E-state index contributed by atoms with van der Waals surface area (Å²) in [5.74, 6) is -0.738. The molecule has 0 saturated carbocycles. The lowest BCUT2D eigenvalue weighted by molar-refractivity contribution is -0.136. The molecule has 2 rings (SSSR count). The molecule has 0 fully saturated rings. The number of nitrogens with one attached hydrogen (secondary N) is 1. The van der Waals surface area contributed by atoms with Crippen molar-refractivity contribution in [3.8, 4) is 0 Å². The average molecular weight is 298 g/mol. The number of aliphatic carboxylic acids is 1. The van der Waals surface area contributed by atoms with Crippen molar-refractivity contribution < 1.29 is 9.90 Å². The van der Waals surface area contributed by atoms with E-state index in [2.05, 4.69) is 39.4 Å². The molecule has 2 N–H and O–H groups in total. The Hall–Kier alpha value is -0.870. The Morgan fingerprint density at radius 3 is 3.06 bits per heavy atom. The van der Waals surface area contributed by atoms with Gasteiger partial charge < -0.3 is 10.4 Å². The molecular weight excluding hydrogens is 282 g/mol. The standard InChI is InChI=1S/C13H16BrNO2/c14-11-3-1-10-8-12(4-2-9(10)7-11)15-6-5-13(16)17/h1,3,7,12,15H,2,4-6,8H2,(H,16,17). The van der Waals surface area contributed by atoms with Crippen LogP contribution in [0.5, 0.6) is 0 Å². The quantitative estimate of drug-likeness (QED) is 0.897. The maximum atomic E-state index is 10.4. The van der Waals surface area contributed by atoms with Gasteiger partial charge in [-0.25, -0.2) is 0 Å². The van der Waals surface area contributed by atoms with Crippen molar-refractivity contribution in [2.45, 2.75) is 31.7 Å². The van der Waals surface area contributed by atoms with E-state index < -0.39 is 5.97 Å². The first-order valence-corrected chi connectivity index (χ1v) is 6.67. The Balaban J connectivity index is 1.90. The summed E-state index contributed by atoms with van der Waals surface area (Å²) < 4.78 is 1.13. The van der Waals surface area contributed by atoms with Gasteiger partial charge in [0.1, 0.15) is 0 Å². The minimum Gasteiger partial charge on any atom is -0.481 e. The van der Waals surface area contributed by atoms with Gasteiger partial charge in [-0.2, -0.15) is 0 Å². The minimum absolute atomic E-state index is 0.198. The van der Waals surface area contributed by atoms with Crippen molar-refractivity contribution in [2.75, 3.05) is 6.54 Å². The van der Waals surface area contributed by atoms with Gasteiger partial charge in [0.25, 0.3) is 0 Å². The van der Waals surface area contributed by atoms with Crippen LogP contribution in [0.4, 0.5) is 0 Å². The predicted molar refractivity (Wildman–Crippen MR) is 70.2 cm³/mol. The molecular formula is C13H16BrNO2. The van der Waals surface area contributed by atoms with E-state index in [1.165, 1.54) is 11.1 Å². The molecule has 0 spiro atoms. The number of halogens is 1. The highest BCUT2D eigenvalue weighted by atomic mass is 79.9. The van der Waals surface area contributed by atoms with Crippen molar-refractivity contribution in [1.29, 1.82) is 0 Å². The zero-order chi connectivity index (χ0) is 12.3. The van der Waals surface area contributed by atoms with Crippen LogP contribution in [0.3, 0.4) is 0 Å². The number of hydrogen-bond donors (Lipinski definition) is 2. The highest BCUT2D eigenvalue weighted by Crippen LogP contribution is 2.24. The second-order valence-corrected chi connectivity index (χ2v) is 5.37. The van der Waals surface area contributed by atoms with Crippen LogP contribution in [0.15, 0.2) is 22.7 Å². The Morgan fingerprint density at radius 1 is 1.47 bits per heavy atom. The summed E-state index contributed by atoms with van der Waals surface area (Å²) in [5.41, 5.74) is 2.79. The molecule has 0 bridgehead atoms. The first-order valence-electron chi connectivity index (χ1n) is 5.87. The molecule has 1 unspecified atom stereocenters. The number of carbonyl (C=O) groups is 1. The van der Waals surface area contributed by atoms with Gasteiger partial charge in [-0.05, 0) is 42.5 Å². The van der Waals surface area contributed by atoms with E-state index in [1.807, 2.05) is 0 Å². The third-order valence-corrected chi connectivity index (χ3v) is 3.66. The van der Waals surface area contributed by atoms with E-state index in [9.17, 15) is 4.79 Å². The largest absolute Gasteiger partial charge is 0.481 e. The molecule has 17 heavy (non-hydrogen) atoms. The third kappa shape index (κ3) is 3.54. The number of benzene rings is 1. The number of carboxylic acid groups (broad SMARTS) is 1. The van der Waals surface area contributed by atoms with E-state index in [1.54, 1.807) is 0 Å². The summed E-state index contributed by atoms with van der Waals surface area (Å²) in [7, 11) is 0. The molecule has 1 aromatic carbocycles. The van der Waals surface area contributed by atoms with Crippen LogP contribution < -0.4 is 5.32 Å². The lowest BCUT2D eigenvalue weighted by atomic mass is 9.88. The normalized spacial score (nSPS) is 18.8. The van der Waals surface area contributed by atoms with E-state index in [0.29, 0.717) is 12.6 Å². The Kier molecular flexibility index (Phi) is 4.18. The van der Waals surface area contributed by atoms with Gasteiger partial charge in [-0.3, -0.25) is 4.79 Å². The highest BCUT2D eigenvalue weighted by molar-refractivity contribution is 9.10. The van der Waals surface area contributed by atoms with E-state index in [4.69, 9.17) is 5.11 Å². The number of aryl methyl sites for hydroxylation is 1. The number of carboxylic acids is 1. The molecule has 0 amide bonds. The Bertz CT molecular complexity index is 420. The molecule has 0 aromatic heterocycles. The van der Waals surface area contributed by atoms with Crippen LogP contribution >= 0.6 is 15.9 Å². The molecule has 0 heterocycles. The zero-order valence-electron chi connectivity index (χ0n) is 9.58. The smallest absolute Gasteiger partial charge is 0.304 e. The van der Waals surface area contributed by atoms with Gasteiger partial charge >= 0.3 is 5.97 Å². The molecule has 0 radical (unpaired) electrons. The van der Waals surface area contributed by atoms with Gasteiger partial charge in [-0.1, -0.05) is 22.0 Å². The topological polar surface area (TPSA) is 49.3 Å². The molecule has 92 valence electrons. The zero-order valence-corrected chi connectivity index (χ0v) is 11.2. The predicted octanol–water partition coefficient (Wildman–Crippen LogP) is 2.37. The second-order valence-electron chi connectivity index (χ2n) is 4.45. The fraction of sp³-hybridized carbons (Fsp3) is 0.462. The second kappa shape index (κ2) is 5.65. The summed E-state index contributed by atoms with van der Waals surface area (Å²) in [4.78, 5) is 10.4. The first-order chi connectivity index (χ1) is 8.15. The molecule has 0 aliphatic heterocycles. The van der Waals surface area contributed by atoms with Crippen LogP contribution in [-0.4, -0.2) is 23.7 Å². The first kappa shape index (κ1) is 12.6. The summed E-state index contributed by atoms with van der Waals surface area (Å²) in [6.07, 6.45) is 3.36. The fourth-order valence-corrected chi connectivity index (χ4v) is 2.69. The number of fused-ring (bicyclic) bond motifs is 1. The lowest BCUT2D eigenvalue weighted by Gasteiger charge is -2.25. The summed E-state index contributed by atoms with van der Waals surface area (Å²) in [6.45, 7) is 0.561. The average Bonchev–Trinajstić information content (AvgIpc) is 2.29. The van der Waals surface area contributed by atoms with Crippen LogP contribution in [-0.2, 0) is 17.6 Å². The minimum atomic E-state index is -0.738. The maximum absolute atomic E-state index is 10.4. The molecule has 0 saturated heterocycles. The molecule has 3 nitrogen and oxygen atoms in total. The SMILES string of the molecule is O=C(O)CCNC1CCc2cc(Br)ccc2C1. The molecule has 1 aliphatic carbocycles. The van der Waals surface area contributed by atoms with Crippen molar-refractivity contribution in [3.63, 3.8) is 0 Å². The maximum Gasteiger partial charge on any atom is 0.304 e. The van der Waals surface area contributed by atoms with E-state index in [-0.39, 0.29) is 6.42 Å². The van der Waals surface area contributed by atoms with Gasteiger partial charge in [-0.15, -0.1) is 0 Å². The van der Waals surface area contributed by atoms with Gasteiger partial charge in [0.05, 0.1) is 6.42 Å². The van der Waals surface area contributed by atoms with Crippen molar-refractivity contribution >= 4 is 21.9 Å². The van der Waals surface area contributed by atoms with Crippen molar-refractivity contribution in [3.05, 3.63) is 33.8 Å². The van der Waals surface area contributed by atoms with Gasteiger partial charge in [0.15, 0.2) is 0 Å². The van der Waals surface area contributed by atoms with Crippen LogP contribution in [0, 0.1) is 0 Å². The molecule has 1 aromatic rings. The Labute approximate surface area is 109 Å². The molecule has 1 atom stereocenters. The van der Waals surface area contributed by atoms with Crippen LogP contribution in [0.1, 0.15) is 24.0 Å².